The van der Waals surface area contributed by atoms with Gasteiger partial charge in [0.25, 0.3) is 0 Å². The highest BCUT2D eigenvalue weighted by Crippen LogP contribution is 2.59. The normalized spacial score (nSPS) is 35.0. The molecule has 32 heavy (non-hydrogen) atoms. The lowest BCUT2D eigenvalue weighted by molar-refractivity contribution is 0.0440. The van der Waals surface area contributed by atoms with E-state index in [9.17, 15) is 5.11 Å². The molecule has 0 saturated heterocycles. The first-order chi connectivity index (χ1) is 15.0. The van der Waals surface area contributed by atoms with Crippen molar-refractivity contribution >= 4 is 0 Å². The fourth-order valence-electron chi connectivity index (χ4n) is 7.42. The van der Waals surface area contributed by atoms with E-state index in [0.29, 0.717) is 17.3 Å². The van der Waals surface area contributed by atoms with Crippen LogP contribution in [0.2, 0.25) is 0 Å². The zero-order valence-corrected chi connectivity index (χ0v) is 22.3. The van der Waals surface area contributed by atoms with E-state index in [1.807, 2.05) is 6.92 Å². The van der Waals surface area contributed by atoms with E-state index in [-0.39, 0.29) is 0 Å². The fraction of sp³-hybridized carbons (Fsp3) is 0.806. The molecule has 0 radical (unpaired) electrons. The minimum atomic E-state index is -0.593. The van der Waals surface area contributed by atoms with Gasteiger partial charge in [-0.25, -0.2) is 0 Å². The molecule has 2 bridgehead atoms. The quantitative estimate of drug-likeness (QED) is 0.484. The Hall–Kier alpha value is -0.820. The number of hydrogen-bond donors (Lipinski definition) is 1. The van der Waals surface area contributed by atoms with Crippen molar-refractivity contribution in [2.24, 2.45) is 29.1 Å². The van der Waals surface area contributed by atoms with E-state index < -0.39 is 5.60 Å². The molecular formula is C31H52O. The second kappa shape index (κ2) is 10.6. The maximum atomic E-state index is 11.0. The molecule has 1 heteroatoms. The van der Waals surface area contributed by atoms with Crippen LogP contribution in [-0.2, 0) is 6.42 Å². The number of rotatable bonds is 5. The number of fused-ring (bicyclic) bond motifs is 9. The first-order valence-corrected chi connectivity index (χ1v) is 13.8. The molecule has 182 valence electrons. The van der Waals surface area contributed by atoms with Crippen LogP contribution in [0, 0.1) is 36.0 Å². The third-order valence-corrected chi connectivity index (χ3v) is 9.42. The molecule has 3 aliphatic carbocycles. The maximum absolute atomic E-state index is 11.0. The van der Waals surface area contributed by atoms with E-state index >= 15 is 0 Å². The van der Waals surface area contributed by atoms with E-state index in [1.54, 1.807) is 5.56 Å². The average molecular weight is 441 g/mol. The second-order valence-corrected chi connectivity index (χ2v) is 12.9. The summed E-state index contributed by atoms with van der Waals surface area (Å²) in [4.78, 5) is 0. The van der Waals surface area contributed by atoms with Crippen molar-refractivity contribution in [2.45, 2.75) is 131 Å². The number of aliphatic hydroxyl groups is 1. The van der Waals surface area contributed by atoms with Crippen molar-refractivity contribution in [3.63, 3.8) is 0 Å². The average Bonchev–Trinajstić information content (AvgIpc) is 3.02. The molecule has 1 unspecified atom stereocenters. The van der Waals surface area contributed by atoms with Crippen LogP contribution in [0.5, 0.6) is 0 Å². The van der Waals surface area contributed by atoms with Crippen molar-refractivity contribution in [1.82, 2.24) is 0 Å². The molecule has 6 atom stereocenters. The fourth-order valence-corrected chi connectivity index (χ4v) is 7.42. The molecule has 1 aromatic carbocycles. The molecule has 1 N–H and O–H groups in total. The van der Waals surface area contributed by atoms with Crippen LogP contribution in [0.1, 0.15) is 128 Å². The van der Waals surface area contributed by atoms with E-state index in [1.165, 1.54) is 62.5 Å². The molecule has 1 aromatic rings. The molecule has 0 spiro atoms. The Labute approximate surface area is 199 Å². The molecule has 4 rings (SSSR count). The van der Waals surface area contributed by atoms with Gasteiger partial charge in [-0.15, -0.1) is 0 Å². The van der Waals surface area contributed by atoms with Gasteiger partial charge < -0.3 is 5.11 Å². The van der Waals surface area contributed by atoms with Gasteiger partial charge >= 0.3 is 0 Å². The van der Waals surface area contributed by atoms with Crippen molar-refractivity contribution in [1.29, 1.82) is 0 Å². The Morgan fingerprint density at radius 1 is 1.00 bits per heavy atom. The van der Waals surface area contributed by atoms with E-state index in [4.69, 9.17) is 0 Å². The van der Waals surface area contributed by atoms with Gasteiger partial charge in [-0.05, 0) is 97.6 Å². The third-order valence-electron chi connectivity index (χ3n) is 9.42. The van der Waals surface area contributed by atoms with Gasteiger partial charge in [-0.1, -0.05) is 84.9 Å². The van der Waals surface area contributed by atoms with Gasteiger partial charge in [-0.3, -0.25) is 0 Å². The first-order valence-electron chi connectivity index (χ1n) is 13.8. The Morgan fingerprint density at radius 2 is 1.75 bits per heavy atom. The minimum absolute atomic E-state index is 0.416. The highest BCUT2D eigenvalue weighted by molar-refractivity contribution is 5.36. The number of benzene rings is 1. The molecule has 1 fully saturated rings. The molecule has 0 heterocycles. The van der Waals surface area contributed by atoms with Crippen molar-refractivity contribution in [3.8, 4) is 0 Å². The first kappa shape index (κ1) is 25.8. The summed E-state index contributed by atoms with van der Waals surface area (Å²) >= 11 is 0. The third kappa shape index (κ3) is 6.19. The summed E-state index contributed by atoms with van der Waals surface area (Å²) < 4.78 is 0. The topological polar surface area (TPSA) is 20.2 Å². The van der Waals surface area contributed by atoms with E-state index in [0.717, 1.165) is 37.0 Å². The summed E-state index contributed by atoms with van der Waals surface area (Å²) in [5.74, 6) is 3.90. The highest BCUT2D eigenvalue weighted by atomic mass is 16.3. The summed E-state index contributed by atoms with van der Waals surface area (Å²) in [6, 6.07) is 7.15. The van der Waals surface area contributed by atoms with Gasteiger partial charge in [0, 0.05) is 6.42 Å². The van der Waals surface area contributed by atoms with Crippen LogP contribution < -0.4 is 0 Å². The molecule has 1 saturated carbocycles. The Morgan fingerprint density at radius 3 is 2.44 bits per heavy atom. The van der Waals surface area contributed by atoms with Gasteiger partial charge in [0.05, 0.1) is 5.60 Å². The summed E-state index contributed by atoms with van der Waals surface area (Å²) in [5, 5.41) is 11.0. The summed E-state index contributed by atoms with van der Waals surface area (Å²) in [7, 11) is 0. The van der Waals surface area contributed by atoms with Gasteiger partial charge in [0.2, 0.25) is 0 Å². The lowest BCUT2D eigenvalue weighted by Crippen LogP contribution is -2.32. The summed E-state index contributed by atoms with van der Waals surface area (Å²) in [5.41, 5.74) is 4.18. The Balaban J connectivity index is 1.89. The van der Waals surface area contributed by atoms with Crippen molar-refractivity contribution in [3.05, 3.63) is 34.9 Å². The molecule has 0 amide bonds. The number of aryl methyl sites for hydroxylation is 1. The van der Waals surface area contributed by atoms with Crippen LogP contribution in [0.15, 0.2) is 18.2 Å². The molecule has 0 aliphatic heterocycles. The standard InChI is InChI=1S/C31H52O/c1-22(2)10-8-12-24(4)28-15-16-29-27-14-13-26(20-25(27)5)21-30(6,32)19-17-23(3)11-9-18-31(28,29)7/h13-14,20,22-24,28-29,32H,8-12,15-19,21H2,1-7H3/t23?,24-,28-,29+,30+,31-/m1/s1. The molecular weight excluding hydrogens is 388 g/mol. The second-order valence-electron chi connectivity index (χ2n) is 12.9. The molecule has 1 nitrogen and oxygen atoms in total. The lowest BCUT2D eigenvalue weighted by Gasteiger charge is -2.41. The zero-order chi connectivity index (χ0) is 23.5. The van der Waals surface area contributed by atoms with Crippen molar-refractivity contribution < 1.29 is 5.11 Å². The lowest BCUT2D eigenvalue weighted by atomic mass is 9.63. The van der Waals surface area contributed by atoms with Gasteiger partial charge in [0.15, 0.2) is 0 Å². The van der Waals surface area contributed by atoms with Crippen LogP contribution in [0.25, 0.3) is 0 Å². The van der Waals surface area contributed by atoms with Crippen LogP contribution in [0.3, 0.4) is 0 Å². The maximum Gasteiger partial charge on any atom is 0.0660 e. The predicted molar refractivity (Wildman–Crippen MR) is 139 cm³/mol. The van der Waals surface area contributed by atoms with Crippen LogP contribution in [-0.4, -0.2) is 10.7 Å². The largest absolute Gasteiger partial charge is 0.390 e. The zero-order valence-electron chi connectivity index (χ0n) is 22.3. The smallest absolute Gasteiger partial charge is 0.0660 e. The highest BCUT2D eigenvalue weighted by Gasteiger charge is 2.48. The van der Waals surface area contributed by atoms with Crippen LogP contribution in [0.4, 0.5) is 0 Å². The molecule has 0 aromatic heterocycles. The monoisotopic (exact) mass is 440 g/mol. The van der Waals surface area contributed by atoms with Gasteiger partial charge in [0.1, 0.15) is 0 Å². The summed E-state index contributed by atoms with van der Waals surface area (Å²) in [6.07, 6.45) is 13.7. The van der Waals surface area contributed by atoms with E-state index in [2.05, 4.69) is 59.7 Å². The predicted octanol–water partition coefficient (Wildman–Crippen LogP) is 8.85. The molecule has 3 aliphatic rings. The number of hydrogen-bond acceptors (Lipinski definition) is 1. The minimum Gasteiger partial charge on any atom is -0.390 e. The Bertz CT molecular complexity index is 732. The van der Waals surface area contributed by atoms with Gasteiger partial charge in [-0.2, -0.15) is 0 Å². The van der Waals surface area contributed by atoms with Crippen molar-refractivity contribution in [2.75, 3.05) is 0 Å². The van der Waals surface area contributed by atoms with Crippen LogP contribution >= 0.6 is 0 Å². The SMILES string of the molecule is Cc1cc2ccc1[C@@H]1CC[C@H]([C@H](C)CCCC(C)C)[C@@]1(C)CCCC(C)CC[C@](C)(O)C2. The Kier molecular flexibility index (Phi) is 8.56. The summed E-state index contributed by atoms with van der Waals surface area (Å²) in [6.45, 7) is 16.7.